The van der Waals surface area contributed by atoms with E-state index in [-0.39, 0.29) is 11.3 Å². The van der Waals surface area contributed by atoms with Gasteiger partial charge < -0.3 is 70.1 Å². The molecule has 0 saturated carbocycles. The minimum absolute atomic E-state index is 0.0720. The number of phenols is 4. The van der Waals surface area contributed by atoms with Crippen molar-refractivity contribution in [2.45, 2.75) is 54.9 Å². The largest absolute Gasteiger partial charge is 0.507 e. The Morgan fingerprint density at radius 2 is 1.44 bits per heavy atom. The number of aromatic hydroxyl groups is 4. The van der Waals surface area contributed by atoms with Crippen molar-refractivity contribution in [1.82, 2.24) is 0 Å². The average Bonchev–Trinajstić information content (AvgIpc) is 2.93. The predicted molar refractivity (Wildman–Crippen MR) is 134 cm³/mol. The second-order valence-corrected chi connectivity index (χ2v) is 9.96. The van der Waals surface area contributed by atoms with Crippen LogP contribution in [0, 0.1) is 0 Å². The molecule has 11 N–H and O–H groups in total. The van der Waals surface area contributed by atoms with Crippen LogP contribution in [-0.4, -0.2) is 112 Å². The summed E-state index contributed by atoms with van der Waals surface area (Å²) in [6.07, 6.45) is -16.0. The topological polar surface area (TPSA) is 271 Å². The van der Waals surface area contributed by atoms with Crippen molar-refractivity contribution in [3.05, 3.63) is 45.6 Å². The molecule has 0 aliphatic carbocycles. The number of hydrogen-bond donors (Lipinski definition) is 11. The lowest BCUT2D eigenvalue weighted by atomic mass is 9.85. The van der Waals surface area contributed by atoms with E-state index in [2.05, 4.69) is 0 Å². The first-order valence-electron chi connectivity index (χ1n) is 12.4. The Morgan fingerprint density at radius 3 is 2.10 bits per heavy atom. The van der Waals surface area contributed by atoms with Crippen LogP contribution in [-0.2, 0) is 9.47 Å². The van der Waals surface area contributed by atoms with Gasteiger partial charge in [-0.3, -0.25) is 4.79 Å². The molecule has 2 saturated heterocycles. The number of ether oxygens (including phenoxy) is 2. The van der Waals surface area contributed by atoms with Crippen molar-refractivity contribution >= 4 is 11.0 Å². The van der Waals surface area contributed by atoms with Gasteiger partial charge in [0.1, 0.15) is 77.6 Å². The molecule has 0 spiro atoms. The van der Waals surface area contributed by atoms with Gasteiger partial charge in [-0.1, -0.05) is 0 Å². The molecule has 9 atom stereocenters. The molecular formula is C26H28O15. The lowest BCUT2D eigenvalue weighted by Crippen LogP contribution is -2.55. The third-order valence-corrected chi connectivity index (χ3v) is 7.42. The molecule has 2 aliphatic rings. The third kappa shape index (κ3) is 4.66. The Labute approximate surface area is 229 Å². The van der Waals surface area contributed by atoms with Crippen LogP contribution in [0.2, 0.25) is 0 Å². The molecular weight excluding hydrogens is 552 g/mol. The summed E-state index contributed by atoms with van der Waals surface area (Å²) in [5.74, 6) is -3.21. The fourth-order valence-electron chi connectivity index (χ4n) is 5.16. The van der Waals surface area contributed by atoms with Gasteiger partial charge in [-0.15, -0.1) is 0 Å². The second-order valence-electron chi connectivity index (χ2n) is 9.96. The molecule has 222 valence electrons. The number of rotatable bonds is 4. The van der Waals surface area contributed by atoms with Gasteiger partial charge in [0.05, 0.1) is 24.3 Å². The summed E-state index contributed by atoms with van der Waals surface area (Å²) in [4.78, 5) is 13.4. The lowest BCUT2D eigenvalue weighted by Gasteiger charge is -2.41. The summed E-state index contributed by atoms with van der Waals surface area (Å²) < 4.78 is 16.8. The van der Waals surface area contributed by atoms with E-state index in [1.54, 1.807) is 0 Å². The highest BCUT2D eigenvalue weighted by Gasteiger charge is 2.48. The molecule has 2 fully saturated rings. The van der Waals surface area contributed by atoms with Gasteiger partial charge in [-0.2, -0.15) is 0 Å². The summed E-state index contributed by atoms with van der Waals surface area (Å²) in [6.45, 7) is -1.39. The van der Waals surface area contributed by atoms with Crippen molar-refractivity contribution in [2.75, 3.05) is 13.2 Å². The highest BCUT2D eigenvalue weighted by molar-refractivity contribution is 5.92. The zero-order valence-electron chi connectivity index (χ0n) is 21.0. The van der Waals surface area contributed by atoms with Crippen LogP contribution in [0.25, 0.3) is 22.3 Å². The first kappa shape index (κ1) is 29.0. The SMILES string of the molecule is O=c1cc(-c2ccc(O)c(O)c2)oc2c([C@H]3OC[C@H](O)[C@@H](O)[C@@H]3O)c(O)c([C@H]3O[C@@H](CO)[C@H](O)[C@@H](O)[C@@H]3O)c(O)c12. The summed E-state index contributed by atoms with van der Waals surface area (Å²) in [5, 5.41) is 113. The van der Waals surface area contributed by atoms with Crippen LogP contribution in [0.5, 0.6) is 23.0 Å². The molecule has 15 nitrogen and oxygen atoms in total. The fraction of sp³-hybridized carbons (Fsp3) is 0.423. The average molecular weight is 580 g/mol. The summed E-state index contributed by atoms with van der Waals surface area (Å²) in [5.41, 5.74) is -2.64. The monoisotopic (exact) mass is 580 g/mol. The molecule has 2 aromatic carbocycles. The molecule has 3 heterocycles. The maximum atomic E-state index is 13.4. The van der Waals surface area contributed by atoms with Crippen molar-refractivity contribution in [3.8, 4) is 34.3 Å². The zero-order valence-corrected chi connectivity index (χ0v) is 21.0. The van der Waals surface area contributed by atoms with Gasteiger partial charge in [0, 0.05) is 11.6 Å². The van der Waals surface area contributed by atoms with Gasteiger partial charge in [0.25, 0.3) is 0 Å². The van der Waals surface area contributed by atoms with E-state index in [1.165, 1.54) is 6.07 Å². The van der Waals surface area contributed by atoms with Crippen LogP contribution in [0.1, 0.15) is 23.3 Å². The minimum Gasteiger partial charge on any atom is -0.507 e. The van der Waals surface area contributed by atoms with E-state index in [1.807, 2.05) is 0 Å². The van der Waals surface area contributed by atoms with Crippen LogP contribution < -0.4 is 5.43 Å². The molecule has 0 radical (unpaired) electrons. The summed E-state index contributed by atoms with van der Waals surface area (Å²) in [6, 6.07) is 4.36. The standard InChI is InChI=1S/C26H28O15/c27-5-13-18(33)21(36)23(38)26(41-13)15-19(34)14-10(30)4-12(7-1-2-8(28)9(29)3-7)40-24(14)16(20(15)35)25-22(37)17(32)11(31)6-39-25/h1-4,11,13,17-18,21-23,25-29,31-38H,5-6H2/t11-,13-,17+,18-,21+,22-,23-,25+,26+/m0/s1. The number of benzene rings is 2. The van der Waals surface area contributed by atoms with E-state index in [4.69, 9.17) is 13.9 Å². The van der Waals surface area contributed by atoms with Gasteiger partial charge in [0.15, 0.2) is 22.5 Å². The highest BCUT2D eigenvalue weighted by atomic mass is 16.5. The van der Waals surface area contributed by atoms with Crippen LogP contribution in [0.3, 0.4) is 0 Å². The number of phenolic OH excluding ortho intramolecular Hbond substituents is 4. The molecule has 15 heteroatoms. The molecule has 5 rings (SSSR count). The van der Waals surface area contributed by atoms with Gasteiger partial charge in [-0.05, 0) is 18.2 Å². The van der Waals surface area contributed by atoms with Crippen LogP contribution in [0.4, 0.5) is 0 Å². The quantitative estimate of drug-likeness (QED) is 0.148. The predicted octanol–water partition coefficient (Wildman–Crippen LogP) is -2.05. The van der Waals surface area contributed by atoms with E-state index in [9.17, 15) is 61.0 Å². The van der Waals surface area contributed by atoms with Crippen molar-refractivity contribution in [1.29, 1.82) is 0 Å². The summed E-state index contributed by atoms with van der Waals surface area (Å²) in [7, 11) is 0. The van der Waals surface area contributed by atoms with Gasteiger partial charge in [-0.25, -0.2) is 0 Å². The van der Waals surface area contributed by atoms with Gasteiger partial charge in [0.2, 0.25) is 0 Å². The number of hydrogen-bond acceptors (Lipinski definition) is 15. The van der Waals surface area contributed by atoms with E-state index in [0.29, 0.717) is 0 Å². The Balaban J connectivity index is 1.81. The van der Waals surface area contributed by atoms with E-state index in [0.717, 1.165) is 18.2 Å². The van der Waals surface area contributed by atoms with Crippen LogP contribution in [0.15, 0.2) is 33.5 Å². The molecule has 0 unspecified atom stereocenters. The highest BCUT2D eigenvalue weighted by Crippen LogP contribution is 2.50. The maximum absolute atomic E-state index is 13.4. The van der Waals surface area contributed by atoms with E-state index < -0.39 is 119 Å². The number of aliphatic hydroxyl groups excluding tert-OH is 7. The zero-order chi connectivity index (χ0) is 29.9. The molecule has 1 aromatic heterocycles. The summed E-state index contributed by atoms with van der Waals surface area (Å²) >= 11 is 0. The molecule has 0 amide bonds. The first-order valence-corrected chi connectivity index (χ1v) is 12.4. The number of aliphatic hydroxyl groups is 7. The Kier molecular flexibility index (Phi) is 7.58. The smallest absolute Gasteiger partial charge is 0.197 e. The van der Waals surface area contributed by atoms with Crippen molar-refractivity contribution in [3.63, 3.8) is 0 Å². The Bertz CT molecular complexity index is 1520. The van der Waals surface area contributed by atoms with Gasteiger partial charge >= 0.3 is 0 Å². The van der Waals surface area contributed by atoms with Crippen molar-refractivity contribution in [2.24, 2.45) is 0 Å². The third-order valence-electron chi connectivity index (χ3n) is 7.42. The maximum Gasteiger partial charge on any atom is 0.197 e. The minimum atomic E-state index is -2.01. The van der Waals surface area contributed by atoms with E-state index >= 15 is 0 Å². The normalized spacial score (nSPS) is 32.3. The Morgan fingerprint density at radius 1 is 0.756 bits per heavy atom. The first-order chi connectivity index (χ1) is 19.4. The lowest BCUT2D eigenvalue weighted by molar-refractivity contribution is -0.232. The van der Waals surface area contributed by atoms with Crippen molar-refractivity contribution < 1.29 is 70.1 Å². The second kappa shape index (κ2) is 10.7. The van der Waals surface area contributed by atoms with Crippen LogP contribution >= 0.6 is 0 Å². The molecule has 3 aromatic rings. The molecule has 41 heavy (non-hydrogen) atoms. The fourth-order valence-corrected chi connectivity index (χ4v) is 5.16. The Hall–Kier alpha value is -3.51. The molecule has 2 aliphatic heterocycles. The molecule has 0 bridgehead atoms. The number of fused-ring (bicyclic) bond motifs is 1.